The SMILES string of the molecule is CC[C@@H](C)NC(=O)CN(Cc1ccc(Cl)cc1Cl)S(=O)(=O)c1ccccc1. The zero-order chi connectivity index (χ0) is 20.0. The summed E-state index contributed by atoms with van der Waals surface area (Å²) in [6.07, 6.45) is 0.750. The quantitative estimate of drug-likeness (QED) is 0.687. The number of hydrogen-bond acceptors (Lipinski definition) is 3. The van der Waals surface area contributed by atoms with E-state index >= 15 is 0 Å². The van der Waals surface area contributed by atoms with Crippen LogP contribution in [-0.2, 0) is 21.4 Å². The molecule has 0 unspecified atom stereocenters. The van der Waals surface area contributed by atoms with Crippen molar-refractivity contribution < 1.29 is 13.2 Å². The van der Waals surface area contributed by atoms with Crippen molar-refractivity contribution in [3.63, 3.8) is 0 Å². The minimum Gasteiger partial charge on any atom is -0.353 e. The fourth-order valence-electron chi connectivity index (χ4n) is 2.39. The first kappa shape index (κ1) is 21.7. The third kappa shape index (κ3) is 5.94. The molecule has 1 N–H and O–H groups in total. The van der Waals surface area contributed by atoms with E-state index in [4.69, 9.17) is 23.2 Å². The molecule has 0 radical (unpaired) electrons. The predicted octanol–water partition coefficient (Wildman–Crippen LogP) is 4.10. The average Bonchev–Trinajstić information content (AvgIpc) is 2.63. The number of halogens is 2. The number of hydrogen-bond donors (Lipinski definition) is 1. The van der Waals surface area contributed by atoms with Crippen LogP contribution in [0, 0.1) is 0 Å². The molecule has 0 saturated carbocycles. The van der Waals surface area contributed by atoms with E-state index in [1.165, 1.54) is 12.1 Å². The Kier molecular flexibility index (Phi) is 7.68. The summed E-state index contributed by atoms with van der Waals surface area (Å²) >= 11 is 12.1. The van der Waals surface area contributed by atoms with Crippen molar-refractivity contribution in [2.24, 2.45) is 0 Å². The molecule has 0 aromatic heterocycles. The summed E-state index contributed by atoms with van der Waals surface area (Å²) in [6.45, 7) is 3.46. The Hall–Kier alpha value is -1.60. The molecule has 2 aromatic carbocycles. The van der Waals surface area contributed by atoms with Gasteiger partial charge in [-0.05, 0) is 43.2 Å². The molecule has 0 heterocycles. The van der Waals surface area contributed by atoms with Gasteiger partial charge in [0, 0.05) is 22.6 Å². The molecule has 2 aromatic rings. The highest BCUT2D eigenvalue weighted by Gasteiger charge is 2.27. The van der Waals surface area contributed by atoms with Crippen LogP contribution >= 0.6 is 23.2 Å². The number of nitrogens with zero attached hydrogens (tertiary/aromatic N) is 1. The van der Waals surface area contributed by atoms with Crippen LogP contribution in [-0.4, -0.2) is 31.2 Å². The van der Waals surface area contributed by atoms with Crippen LogP contribution in [0.1, 0.15) is 25.8 Å². The number of nitrogens with one attached hydrogen (secondary N) is 1. The van der Waals surface area contributed by atoms with E-state index in [1.54, 1.807) is 36.4 Å². The Morgan fingerprint density at radius 2 is 1.81 bits per heavy atom. The van der Waals surface area contributed by atoms with E-state index in [9.17, 15) is 13.2 Å². The van der Waals surface area contributed by atoms with Crippen molar-refractivity contribution in [1.29, 1.82) is 0 Å². The lowest BCUT2D eigenvalue weighted by Crippen LogP contribution is -2.43. The van der Waals surface area contributed by atoms with Crippen molar-refractivity contribution in [1.82, 2.24) is 9.62 Å². The first-order chi connectivity index (χ1) is 12.7. The lowest BCUT2D eigenvalue weighted by Gasteiger charge is -2.23. The zero-order valence-electron chi connectivity index (χ0n) is 15.2. The van der Waals surface area contributed by atoms with Crippen LogP contribution in [0.3, 0.4) is 0 Å². The standard InChI is InChI=1S/C19H22Cl2N2O3S/c1-3-14(2)22-19(24)13-23(12-15-9-10-16(20)11-18(15)21)27(25,26)17-7-5-4-6-8-17/h4-11,14H,3,12-13H2,1-2H3,(H,22,24)/t14-/m1/s1. The Bertz CT molecular complexity index is 889. The highest BCUT2D eigenvalue weighted by atomic mass is 35.5. The minimum atomic E-state index is -3.88. The highest BCUT2D eigenvalue weighted by Crippen LogP contribution is 2.25. The van der Waals surface area contributed by atoms with Gasteiger partial charge in [-0.1, -0.05) is 54.4 Å². The molecule has 0 bridgehead atoms. The van der Waals surface area contributed by atoms with Gasteiger partial charge in [-0.25, -0.2) is 8.42 Å². The minimum absolute atomic E-state index is 0.0405. The van der Waals surface area contributed by atoms with Crippen LogP contribution in [0.5, 0.6) is 0 Å². The Balaban J connectivity index is 2.34. The molecule has 0 aliphatic carbocycles. The van der Waals surface area contributed by atoms with E-state index in [0.29, 0.717) is 15.6 Å². The van der Waals surface area contributed by atoms with Crippen LogP contribution < -0.4 is 5.32 Å². The monoisotopic (exact) mass is 428 g/mol. The molecule has 27 heavy (non-hydrogen) atoms. The van der Waals surface area contributed by atoms with Gasteiger partial charge in [0.05, 0.1) is 11.4 Å². The topological polar surface area (TPSA) is 66.5 Å². The van der Waals surface area contributed by atoms with E-state index in [1.807, 2.05) is 13.8 Å². The van der Waals surface area contributed by atoms with Crippen molar-refractivity contribution in [2.75, 3.05) is 6.54 Å². The first-order valence-electron chi connectivity index (χ1n) is 8.52. The van der Waals surface area contributed by atoms with E-state index in [-0.39, 0.29) is 29.9 Å². The summed E-state index contributed by atoms with van der Waals surface area (Å²) in [5, 5.41) is 3.59. The molecule has 0 spiro atoms. The van der Waals surface area contributed by atoms with E-state index in [0.717, 1.165) is 10.7 Å². The van der Waals surface area contributed by atoms with Gasteiger partial charge < -0.3 is 5.32 Å². The summed E-state index contributed by atoms with van der Waals surface area (Å²) in [7, 11) is -3.88. The number of rotatable bonds is 8. The van der Waals surface area contributed by atoms with Gasteiger partial charge in [-0.15, -0.1) is 0 Å². The predicted molar refractivity (Wildman–Crippen MR) is 108 cm³/mol. The third-order valence-corrected chi connectivity index (χ3v) is 6.48. The molecule has 0 aliphatic heterocycles. The fourth-order valence-corrected chi connectivity index (χ4v) is 4.25. The molecule has 2 rings (SSSR count). The van der Waals surface area contributed by atoms with Gasteiger partial charge in [0.15, 0.2) is 0 Å². The summed E-state index contributed by atoms with van der Waals surface area (Å²) < 4.78 is 27.3. The summed E-state index contributed by atoms with van der Waals surface area (Å²) in [4.78, 5) is 12.5. The van der Waals surface area contributed by atoms with E-state index < -0.39 is 10.0 Å². The maximum absolute atomic E-state index is 13.1. The Morgan fingerprint density at radius 3 is 2.41 bits per heavy atom. The number of amides is 1. The van der Waals surface area contributed by atoms with Gasteiger partial charge in [0.25, 0.3) is 0 Å². The van der Waals surface area contributed by atoms with Crippen LogP contribution in [0.15, 0.2) is 53.4 Å². The summed E-state index contributed by atoms with van der Waals surface area (Å²) in [6, 6.07) is 12.8. The fraction of sp³-hybridized carbons (Fsp3) is 0.316. The molecule has 8 heteroatoms. The average molecular weight is 429 g/mol. The van der Waals surface area contributed by atoms with Gasteiger partial charge in [-0.2, -0.15) is 4.31 Å². The summed E-state index contributed by atoms with van der Waals surface area (Å²) in [5.41, 5.74) is 0.567. The number of benzene rings is 2. The molecule has 1 amide bonds. The lowest BCUT2D eigenvalue weighted by molar-refractivity contribution is -0.122. The maximum Gasteiger partial charge on any atom is 0.243 e. The summed E-state index contributed by atoms with van der Waals surface area (Å²) in [5.74, 6) is -0.367. The van der Waals surface area contributed by atoms with Crippen molar-refractivity contribution >= 4 is 39.1 Å². The van der Waals surface area contributed by atoms with Crippen LogP contribution in [0.2, 0.25) is 10.0 Å². The maximum atomic E-state index is 13.1. The molecule has 146 valence electrons. The van der Waals surface area contributed by atoms with Gasteiger partial charge in [-0.3, -0.25) is 4.79 Å². The van der Waals surface area contributed by atoms with Crippen molar-refractivity contribution in [3.05, 3.63) is 64.1 Å². The molecule has 1 atom stereocenters. The van der Waals surface area contributed by atoms with Crippen molar-refractivity contribution in [2.45, 2.75) is 37.8 Å². The molecule has 0 fully saturated rings. The second-order valence-electron chi connectivity index (χ2n) is 6.20. The van der Waals surface area contributed by atoms with Gasteiger partial charge >= 0.3 is 0 Å². The number of sulfonamides is 1. The lowest BCUT2D eigenvalue weighted by atomic mass is 10.2. The first-order valence-corrected chi connectivity index (χ1v) is 10.7. The largest absolute Gasteiger partial charge is 0.353 e. The highest BCUT2D eigenvalue weighted by molar-refractivity contribution is 7.89. The second kappa shape index (κ2) is 9.55. The molecular weight excluding hydrogens is 407 g/mol. The molecule has 0 aliphatic rings. The second-order valence-corrected chi connectivity index (χ2v) is 8.98. The normalized spacial score (nSPS) is 12.8. The molecular formula is C19H22Cl2N2O3S. The van der Waals surface area contributed by atoms with Crippen LogP contribution in [0.4, 0.5) is 0 Å². The number of carbonyl (C=O) groups excluding carboxylic acids is 1. The third-order valence-electron chi connectivity index (χ3n) is 4.08. The van der Waals surface area contributed by atoms with E-state index in [2.05, 4.69) is 5.32 Å². The Labute approximate surface area is 170 Å². The van der Waals surface area contributed by atoms with Crippen molar-refractivity contribution in [3.8, 4) is 0 Å². The van der Waals surface area contributed by atoms with Gasteiger partial charge in [0.2, 0.25) is 15.9 Å². The van der Waals surface area contributed by atoms with Crippen LogP contribution in [0.25, 0.3) is 0 Å². The van der Waals surface area contributed by atoms with Gasteiger partial charge in [0.1, 0.15) is 0 Å². The molecule has 0 saturated heterocycles. The smallest absolute Gasteiger partial charge is 0.243 e. The zero-order valence-corrected chi connectivity index (χ0v) is 17.5. The molecule has 5 nitrogen and oxygen atoms in total. The Morgan fingerprint density at radius 1 is 1.15 bits per heavy atom. The number of carbonyl (C=O) groups is 1.